The Morgan fingerprint density at radius 3 is 2.60 bits per heavy atom. The van der Waals surface area contributed by atoms with Gasteiger partial charge in [-0.1, -0.05) is 6.92 Å². The molecule has 3 rings (SSSR count). The van der Waals surface area contributed by atoms with Crippen molar-refractivity contribution >= 4 is 10.0 Å². The number of ether oxygens (including phenoxy) is 1. The first kappa shape index (κ1) is 22.8. The summed E-state index contributed by atoms with van der Waals surface area (Å²) in [4.78, 5) is 0. The average molecular weight is 443 g/mol. The zero-order chi connectivity index (χ0) is 21.8. The summed E-state index contributed by atoms with van der Waals surface area (Å²) in [5.74, 6) is -1.18. The highest BCUT2D eigenvalue weighted by atomic mass is 32.2. The first-order valence-electron chi connectivity index (χ1n) is 10.00. The van der Waals surface area contributed by atoms with Crippen molar-refractivity contribution in [1.29, 1.82) is 0 Å². The largest absolute Gasteiger partial charge is 0.381 e. The molecule has 1 saturated heterocycles. The van der Waals surface area contributed by atoms with E-state index in [0.717, 1.165) is 22.3 Å². The zero-order valence-electron chi connectivity index (χ0n) is 17.2. The molecule has 7 nitrogen and oxygen atoms in total. The Hall–Kier alpha value is -1.88. The van der Waals surface area contributed by atoms with Crippen LogP contribution in [0.3, 0.4) is 0 Å². The van der Waals surface area contributed by atoms with Crippen LogP contribution in [0.25, 0.3) is 0 Å². The second kappa shape index (κ2) is 9.51. The van der Waals surface area contributed by atoms with Crippen LogP contribution in [-0.4, -0.2) is 48.9 Å². The molecule has 1 aromatic heterocycles. The fourth-order valence-electron chi connectivity index (χ4n) is 3.79. The van der Waals surface area contributed by atoms with Gasteiger partial charge in [0.25, 0.3) is 0 Å². The maximum absolute atomic E-state index is 15.2. The lowest BCUT2D eigenvalue weighted by Crippen LogP contribution is -2.47. The standard InChI is InChI=1S/C20H28F2N4O3S/c1-3-8-26(30(2,27)28)14-15-11-19(22)17(12-18(15)21)20(5-9-29-10-6-20)23-13-16-4-7-24-25-16/h4,7,11-12,23H,3,5-6,8-10,13-14H2,1-2H3,(H,24,25). The molecule has 1 aromatic carbocycles. The van der Waals surface area contributed by atoms with Gasteiger partial charge in [-0.05, 0) is 37.5 Å². The van der Waals surface area contributed by atoms with E-state index in [-0.39, 0.29) is 24.2 Å². The molecule has 0 atom stereocenters. The molecule has 0 radical (unpaired) electrons. The third kappa shape index (κ3) is 5.23. The lowest BCUT2D eigenvalue weighted by Gasteiger charge is -2.39. The molecule has 2 aromatic rings. The van der Waals surface area contributed by atoms with E-state index in [2.05, 4.69) is 15.5 Å². The van der Waals surface area contributed by atoms with Gasteiger partial charge >= 0.3 is 0 Å². The Labute approximate surface area is 175 Å². The number of benzene rings is 1. The summed E-state index contributed by atoms with van der Waals surface area (Å²) in [6, 6.07) is 4.13. The molecule has 0 amide bonds. The van der Waals surface area contributed by atoms with Gasteiger partial charge in [0.05, 0.1) is 11.8 Å². The summed E-state index contributed by atoms with van der Waals surface area (Å²) in [6.45, 7) is 3.15. The Morgan fingerprint density at radius 2 is 2.00 bits per heavy atom. The molecule has 0 saturated carbocycles. The highest BCUT2D eigenvalue weighted by Crippen LogP contribution is 2.35. The lowest BCUT2D eigenvalue weighted by molar-refractivity contribution is 0.0341. The second-order valence-corrected chi connectivity index (χ2v) is 9.63. The van der Waals surface area contributed by atoms with Crippen molar-refractivity contribution in [2.45, 2.75) is 44.8 Å². The third-order valence-electron chi connectivity index (χ3n) is 5.46. The number of aromatic amines is 1. The van der Waals surface area contributed by atoms with Crippen molar-refractivity contribution in [3.63, 3.8) is 0 Å². The molecule has 1 aliphatic heterocycles. The Kier molecular flexibility index (Phi) is 7.22. The highest BCUT2D eigenvalue weighted by Gasteiger charge is 2.37. The monoisotopic (exact) mass is 442 g/mol. The molecule has 2 heterocycles. The van der Waals surface area contributed by atoms with Crippen LogP contribution in [0.15, 0.2) is 24.4 Å². The molecular formula is C20H28F2N4O3S. The quantitative estimate of drug-likeness (QED) is 0.624. The summed E-state index contributed by atoms with van der Waals surface area (Å²) in [7, 11) is -3.53. The van der Waals surface area contributed by atoms with E-state index >= 15 is 4.39 Å². The Bertz CT molecular complexity index is 945. The summed E-state index contributed by atoms with van der Waals surface area (Å²) in [5, 5.41) is 10.1. The van der Waals surface area contributed by atoms with Gasteiger partial charge in [0, 0.05) is 55.9 Å². The van der Waals surface area contributed by atoms with Gasteiger partial charge in [0.15, 0.2) is 0 Å². The van der Waals surface area contributed by atoms with Crippen LogP contribution >= 0.6 is 0 Å². The van der Waals surface area contributed by atoms with E-state index in [1.54, 1.807) is 6.20 Å². The molecule has 1 fully saturated rings. The number of rotatable bonds is 9. The first-order valence-corrected chi connectivity index (χ1v) is 11.8. The molecule has 2 N–H and O–H groups in total. The highest BCUT2D eigenvalue weighted by molar-refractivity contribution is 7.88. The molecular weight excluding hydrogens is 414 g/mol. The van der Waals surface area contributed by atoms with Crippen molar-refractivity contribution in [3.05, 3.63) is 52.9 Å². The lowest BCUT2D eigenvalue weighted by atomic mass is 9.81. The Morgan fingerprint density at radius 1 is 1.27 bits per heavy atom. The van der Waals surface area contributed by atoms with Gasteiger partial charge < -0.3 is 10.1 Å². The van der Waals surface area contributed by atoms with Gasteiger partial charge in [-0.2, -0.15) is 9.40 Å². The molecule has 0 bridgehead atoms. The number of nitrogens with one attached hydrogen (secondary N) is 2. The van der Waals surface area contributed by atoms with E-state index in [9.17, 15) is 12.8 Å². The van der Waals surface area contributed by atoms with Crippen molar-refractivity contribution < 1.29 is 21.9 Å². The molecule has 166 valence electrons. The van der Waals surface area contributed by atoms with Gasteiger partial charge in [-0.15, -0.1) is 0 Å². The van der Waals surface area contributed by atoms with Crippen LogP contribution in [-0.2, 0) is 33.4 Å². The minimum atomic E-state index is -3.53. The van der Waals surface area contributed by atoms with Gasteiger partial charge in [-0.3, -0.25) is 5.10 Å². The molecule has 0 spiro atoms. The molecule has 10 heteroatoms. The van der Waals surface area contributed by atoms with Crippen molar-refractivity contribution in [2.75, 3.05) is 26.0 Å². The van der Waals surface area contributed by atoms with Crippen LogP contribution < -0.4 is 5.32 Å². The van der Waals surface area contributed by atoms with Crippen molar-refractivity contribution in [3.8, 4) is 0 Å². The number of hydrogen-bond acceptors (Lipinski definition) is 5. The fraction of sp³-hybridized carbons (Fsp3) is 0.550. The third-order valence-corrected chi connectivity index (χ3v) is 6.71. The van der Waals surface area contributed by atoms with Crippen molar-refractivity contribution in [2.24, 2.45) is 0 Å². The predicted molar refractivity (Wildman–Crippen MR) is 109 cm³/mol. The zero-order valence-corrected chi connectivity index (χ0v) is 18.1. The van der Waals surface area contributed by atoms with E-state index in [4.69, 9.17) is 4.74 Å². The molecule has 0 aliphatic carbocycles. The van der Waals surface area contributed by atoms with Gasteiger partial charge in [-0.25, -0.2) is 17.2 Å². The molecule has 30 heavy (non-hydrogen) atoms. The number of sulfonamides is 1. The smallest absolute Gasteiger partial charge is 0.211 e. The average Bonchev–Trinajstić information content (AvgIpc) is 3.22. The number of hydrogen-bond donors (Lipinski definition) is 2. The number of aromatic nitrogens is 2. The summed E-state index contributed by atoms with van der Waals surface area (Å²) >= 11 is 0. The maximum atomic E-state index is 15.2. The molecule has 0 unspecified atom stereocenters. The van der Waals surface area contributed by atoms with Crippen molar-refractivity contribution in [1.82, 2.24) is 19.8 Å². The van der Waals surface area contributed by atoms with Gasteiger partial charge in [0.1, 0.15) is 11.6 Å². The van der Waals surface area contributed by atoms with Gasteiger partial charge in [0.2, 0.25) is 10.0 Å². The Balaban J connectivity index is 1.90. The minimum absolute atomic E-state index is 0.0194. The SMILES string of the molecule is CCCN(Cc1cc(F)c(C2(NCc3ccn[nH]3)CCOCC2)cc1F)S(C)(=O)=O. The van der Waals surface area contributed by atoms with Crippen LogP contribution in [0.1, 0.15) is 43.0 Å². The topological polar surface area (TPSA) is 87.3 Å². The maximum Gasteiger partial charge on any atom is 0.211 e. The van der Waals surface area contributed by atoms with E-state index in [1.165, 1.54) is 6.07 Å². The number of H-pyrrole nitrogens is 1. The van der Waals surface area contributed by atoms with E-state index in [0.29, 0.717) is 39.0 Å². The fourth-order valence-corrected chi connectivity index (χ4v) is 4.67. The molecule has 1 aliphatic rings. The summed E-state index contributed by atoms with van der Waals surface area (Å²) < 4.78 is 60.7. The predicted octanol–water partition coefficient (Wildman–Crippen LogP) is 2.66. The van der Waals surface area contributed by atoms with Crippen LogP contribution in [0.2, 0.25) is 0 Å². The summed E-state index contributed by atoms with van der Waals surface area (Å²) in [6.07, 6.45) is 4.26. The summed E-state index contributed by atoms with van der Waals surface area (Å²) in [5.41, 5.74) is 0.299. The van der Waals surface area contributed by atoms with Crippen LogP contribution in [0.5, 0.6) is 0 Å². The van der Waals surface area contributed by atoms with Crippen LogP contribution in [0.4, 0.5) is 8.78 Å². The first-order chi connectivity index (χ1) is 14.2. The van der Waals surface area contributed by atoms with E-state index < -0.39 is 27.2 Å². The minimum Gasteiger partial charge on any atom is -0.381 e. The van der Waals surface area contributed by atoms with Crippen LogP contribution in [0, 0.1) is 11.6 Å². The second-order valence-electron chi connectivity index (χ2n) is 7.65. The number of nitrogens with zero attached hydrogens (tertiary/aromatic N) is 2. The normalized spacial score (nSPS) is 16.8. The van der Waals surface area contributed by atoms with E-state index in [1.807, 2.05) is 13.0 Å². The number of halogens is 2.